The summed E-state index contributed by atoms with van der Waals surface area (Å²) in [7, 11) is 5.20. The van der Waals surface area contributed by atoms with Crippen molar-refractivity contribution in [3.63, 3.8) is 0 Å². The van der Waals surface area contributed by atoms with Crippen molar-refractivity contribution in [2.45, 2.75) is 38.1 Å². The maximum absolute atomic E-state index is 12.7. The lowest BCUT2D eigenvalue weighted by Crippen LogP contribution is -2.43. The molecule has 2 heterocycles. The Morgan fingerprint density at radius 3 is 2.43 bits per heavy atom. The minimum atomic E-state index is -0.707. The Kier molecular flexibility index (Phi) is 8.13. The highest BCUT2D eigenvalue weighted by molar-refractivity contribution is 6.39. The minimum Gasteiger partial charge on any atom is -0.493 e. The van der Waals surface area contributed by atoms with Gasteiger partial charge in [0, 0.05) is 37.6 Å². The third-order valence-corrected chi connectivity index (χ3v) is 6.97. The number of rotatable bonds is 7. The maximum Gasteiger partial charge on any atom is 0.313 e. The fourth-order valence-corrected chi connectivity index (χ4v) is 5.07. The van der Waals surface area contributed by atoms with Gasteiger partial charge in [0.05, 0.1) is 20.3 Å². The highest BCUT2D eigenvalue weighted by Gasteiger charge is 2.26. The number of fused-ring (bicyclic) bond motifs is 1. The quantitative estimate of drug-likeness (QED) is 0.592. The van der Waals surface area contributed by atoms with E-state index in [1.165, 1.54) is 30.3 Å². The standard InChI is InChI=1S/C27H36N4O4/c1-30-13-7-8-19-16-20(9-11-22(19)30)23(31-14-5-4-6-15-31)18-28-26(32)27(33)29-21-10-12-24(34-2)25(17-21)35-3/h9-12,16-17,23H,4-8,13-15,18H2,1-3H3,(H,28,32)(H,29,33). The zero-order valence-corrected chi connectivity index (χ0v) is 20.9. The molecule has 2 amide bonds. The van der Waals surface area contributed by atoms with Crippen LogP contribution in [0.15, 0.2) is 36.4 Å². The number of carbonyl (C=O) groups excluding carboxylic acids is 2. The first-order valence-electron chi connectivity index (χ1n) is 12.4. The van der Waals surface area contributed by atoms with Crippen LogP contribution in [0.2, 0.25) is 0 Å². The lowest BCUT2D eigenvalue weighted by Gasteiger charge is -2.36. The Hall–Kier alpha value is -3.26. The highest BCUT2D eigenvalue weighted by atomic mass is 16.5. The number of aryl methyl sites for hydroxylation is 1. The van der Waals surface area contributed by atoms with E-state index < -0.39 is 11.8 Å². The van der Waals surface area contributed by atoms with Gasteiger partial charge in [0.2, 0.25) is 0 Å². The summed E-state index contributed by atoms with van der Waals surface area (Å²) in [5.41, 5.74) is 4.31. The van der Waals surface area contributed by atoms with Crippen molar-refractivity contribution in [2.75, 3.05) is 57.7 Å². The smallest absolute Gasteiger partial charge is 0.313 e. The van der Waals surface area contributed by atoms with Crippen LogP contribution < -0.4 is 25.0 Å². The van der Waals surface area contributed by atoms with Crippen LogP contribution in [0.3, 0.4) is 0 Å². The van der Waals surface area contributed by atoms with E-state index in [2.05, 4.69) is 45.7 Å². The molecule has 0 aliphatic carbocycles. The van der Waals surface area contributed by atoms with Gasteiger partial charge < -0.3 is 25.0 Å². The minimum absolute atomic E-state index is 0.0330. The zero-order chi connectivity index (χ0) is 24.8. The molecule has 0 aromatic heterocycles. The third-order valence-electron chi connectivity index (χ3n) is 6.97. The largest absolute Gasteiger partial charge is 0.493 e. The van der Waals surface area contributed by atoms with Crippen molar-refractivity contribution >= 4 is 23.2 Å². The molecule has 2 N–H and O–H groups in total. The van der Waals surface area contributed by atoms with Gasteiger partial charge in [0.1, 0.15) is 0 Å². The molecular formula is C27H36N4O4. The van der Waals surface area contributed by atoms with Crippen molar-refractivity contribution in [1.29, 1.82) is 0 Å². The number of anilines is 2. The molecule has 2 aliphatic heterocycles. The van der Waals surface area contributed by atoms with Crippen molar-refractivity contribution < 1.29 is 19.1 Å². The first kappa shape index (κ1) is 24.9. The summed E-state index contributed by atoms with van der Waals surface area (Å²) in [4.78, 5) is 30.1. The second-order valence-electron chi connectivity index (χ2n) is 9.26. The van der Waals surface area contributed by atoms with E-state index in [0.717, 1.165) is 45.3 Å². The van der Waals surface area contributed by atoms with Crippen LogP contribution in [0.25, 0.3) is 0 Å². The fraction of sp³-hybridized carbons (Fsp3) is 0.481. The molecular weight excluding hydrogens is 444 g/mol. The molecule has 1 atom stereocenters. The van der Waals surface area contributed by atoms with E-state index in [1.807, 2.05) is 0 Å². The molecule has 8 nitrogen and oxygen atoms in total. The predicted octanol–water partition coefficient (Wildman–Crippen LogP) is 3.37. The second kappa shape index (κ2) is 11.4. The number of carbonyl (C=O) groups is 2. The molecule has 2 aliphatic rings. The number of nitrogens with one attached hydrogen (secondary N) is 2. The van der Waals surface area contributed by atoms with Gasteiger partial charge in [-0.15, -0.1) is 0 Å². The van der Waals surface area contributed by atoms with Crippen LogP contribution in [0, 0.1) is 0 Å². The molecule has 35 heavy (non-hydrogen) atoms. The van der Waals surface area contributed by atoms with Gasteiger partial charge in [-0.25, -0.2) is 0 Å². The summed E-state index contributed by atoms with van der Waals surface area (Å²) in [6.07, 6.45) is 5.75. The summed E-state index contributed by atoms with van der Waals surface area (Å²) < 4.78 is 10.5. The van der Waals surface area contributed by atoms with E-state index >= 15 is 0 Å². The van der Waals surface area contributed by atoms with Crippen molar-refractivity contribution in [2.24, 2.45) is 0 Å². The molecule has 1 fully saturated rings. The number of methoxy groups -OCH3 is 2. The lowest BCUT2D eigenvalue weighted by molar-refractivity contribution is -0.136. The Morgan fingerprint density at radius 2 is 1.69 bits per heavy atom. The molecule has 4 rings (SSSR count). The third kappa shape index (κ3) is 5.88. The van der Waals surface area contributed by atoms with E-state index in [4.69, 9.17) is 9.47 Å². The molecule has 8 heteroatoms. The monoisotopic (exact) mass is 480 g/mol. The topological polar surface area (TPSA) is 83.1 Å². The van der Waals surface area contributed by atoms with Crippen molar-refractivity contribution in [1.82, 2.24) is 10.2 Å². The Morgan fingerprint density at radius 1 is 0.914 bits per heavy atom. The lowest BCUT2D eigenvalue weighted by atomic mass is 9.95. The number of hydrogen-bond donors (Lipinski definition) is 2. The van der Waals surface area contributed by atoms with Crippen molar-refractivity contribution in [3.05, 3.63) is 47.5 Å². The SMILES string of the molecule is COc1ccc(NC(=O)C(=O)NCC(c2ccc3c(c2)CCCN3C)N2CCCCC2)cc1OC. The van der Waals surface area contributed by atoms with Gasteiger partial charge >= 0.3 is 11.8 Å². The fourth-order valence-electron chi connectivity index (χ4n) is 5.07. The Bertz CT molecular complexity index is 1050. The number of amides is 2. The summed E-state index contributed by atoms with van der Waals surface area (Å²) in [5.74, 6) is -0.328. The van der Waals surface area contributed by atoms with Crippen LogP contribution in [0.4, 0.5) is 11.4 Å². The van der Waals surface area contributed by atoms with E-state index in [9.17, 15) is 9.59 Å². The number of nitrogens with zero attached hydrogens (tertiary/aromatic N) is 2. The predicted molar refractivity (Wildman–Crippen MR) is 137 cm³/mol. The summed E-state index contributed by atoms with van der Waals surface area (Å²) >= 11 is 0. The zero-order valence-electron chi connectivity index (χ0n) is 20.9. The van der Waals surface area contributed by atoms with Crippen LogP contribution in [-0.4, -0.2) is 64.2 Å². The van der Waals surface area contributed by atoms with Gasteiger partial charge in [0.25, 0.3) is 0 Å². The van der Waals surface area contributed by atoms with Gasteiger partial charge in [-0.2, -0.15) is 0 Å². The van der Waals surface area contributed by atoms with E-state index in [0.29, 0.717) is 23.7 Å². The molecule has 2 aromatic rings. The van der Waals surface area contributed by atoms with Crippen LogP contribution >= 0.6 is 0 Å². The van der Waals surface area contributed by atoms with E-state index in [-0.39, 0.29) is 6.04 Å². The number of hydrogen-bond acceptors (Lipinski definition) is 6. The van der Waals surface area contributed by atoms with Crippen LogP contribution in [0.5, 0.6) is 11.5 Å². The molecule has 0 radical (unpaired) electrons. The Balaban J connectivity index is 1.45. The van der Waals surface area contributed by atoms with Crippen molar-refractivity contribution in [3.8, 4) is 11.5 Å². The molecule has 188 valence electrons. The van der Waals surface area contributed by atoms with Gasteiger partial charge in [-0.3, -0.25) is 14.5 Å². The van der Waals surface area contributed by atoms with Gasteiger partial charge in [0.15, 0.2) is 11.5 Å². The molecule has 1 unspecified atom stereocenters. The summed E-state index contributed by atoms with van der Waals surface area (Å²) in [6.45, 7) is 3.45. The van der Waals surface area contributed by atoms with Gasteiger partial charge in [-0.05, 0) is 68.1 Å². The molecule has 0 spiro atoms. The first-order chi connectivity index (χ1) is 17.0. The molecule has 0 bridgehead atoms. The van der Waals surface area contributed by atoms with E-state index in [1.54, 1.807) is 25.3 Å². The first-order valence-corrected chi connectivity index (χ1v) is 12.4. The summed E-state index contributed by atoms with van der Waals surface area (Å²) in [5, 5.41) is 5.53. The highest BCUT2D eigenvalue weighted by Crippen LogP contribution is 2.32. The number of piperidine rings is 1. The second-order valence-corrected chi connectivity index (χ2v) is 9.26. The average Bonchev–Trinajstić information content (AvgIpc) is 2.89. The van der Waals surface area contributed by atoms with Gasteiger partial charge in [-0.1, -0.05) is 18.6 Å². The number of benzene rings is 2. The van der Waals surface area contributed by atoms with Crippen LogP contribution in [0.1, 0.15) is 42.9 Å². The Labute approximate surface area is 207 Å². The number of ether oxygens (including phenoxy) is 2. The van der Waals surface area contributed by atoms with Crippen LogP contribution in [-0.2, 0) is 16.0 Å². The molecule has 0 saturated carbocycles. The average molecular weight is 481 g/mol. The normalized spacial score (nSPS) is 16.7. The summed E-state index contributed by atoms with van der Waals surface area (Å²) in [6, 6.07) is 11.7. The maximum atomic E-state index is 12.7. The molecule has 1 saturated heterocycles. The number of likely N-dealkylation sites (tertiary alicyclic amines) is 1. The molecule has 2 aromatic carbocycles.